The highest BCUT2D eigenvalue weighted by Gasteiger charge is 2.06. The average molecular weight is 296 g/mol. The zero-order valence-corrected chi connectivity index (χ0v) is 12.6. The van der Waals surface area contributed by atoms with Gasteiger partial charge in [0.05, 0.1) is 0 Å². The van der Waals surface area contributed by atoms with E-state index in [4.69, 9.17) is 0 Å². The van der Waals surface area contributed by atoms with Crippen LogP contribution in [0.25, 0.3) is 0 Å². The zero-order chi connectivity index (χ0) is 15.8. The number of hydrogen-bond acceptors (Lipinski definition) is 2. The fourth-order valence-electron chi connectivity index (χ4n) is 2.07. The first kappa shape index (κ1) is 15.8. The van der Waals surface area contributed by atoms with Gasteiger partial charge in [0.2, 0.25) is 5.91 Å². The maximum atomic E-state index is 11.9. The van der Waals surface area contributed by atoms with Crippen LogP contribution >= 0.6 is 0 Å². The lowest BCUT2D eigenvalue weighted by atomic mass is 10.1. The van der Waals surface area contributed by atoms with Gasteiger partial charge in [0.15, 0.2) is 0 Å². The number of rotatable bonds is 6. The molecule has 114 valence electrons. The average Bonchev–Trinajstić information content (AvgIpc) is 2.55. The van der Waals surface area contributed by atoms with Gasteiger partial charge in [-0.05, 0) is 36.2 Å². The van der Waals surface area contributed by atoms with Crippen molar-refractivity contribution in [3.8, 4) is 0 Å². The van der Waals surface area contributed by atoms with E-state index in [9.17, 15) is 9.59 Å². The van der Waals surface area contributed by atoms with Gasteiger partial charge in [-0.2, -0.15) is 0 Å². The van der Waals surface area contributed by atoms with E-state index in [1.54, 1.807) is 12.1 Å². The van der Waals surface area contributed by atoms with Gasteiger partial charge in [-0.15, -0.1) is 0 Å². The Balaban J connectivity index is 1.77. The quantitative estimate of drug-likeness (QED) is 0.861. The SMILES string of the molecule is CCc1cccc(NC(=O)CCNC(=O)c2ccccc2)c1. The molecule has 0 saturated carbocycles. The molecule has 2 aromatic rings. The van der Waals surface area contributed by atoms with Crippen molar-refractivity contribution in [1.82, 2.24) is 5.32 Å². The normalized spacial score (nSPS) is 10.0. The van der Waals surface area contributed by atoms with Crippen LogP contribution in [0, 0.1) is 0 Å². The van der Waals surface area contributed by atoms with E-state index in [2.05, 4.69) is 17.6 Å². The van der Waals surface area contributed by atoms with E-state index in [0.29, 0.717) is 12.1 Å². The molecule has 0 heterocycles. The third kappa shape index (κ3) is 4.74. The van der Waals surface area contributed by atoms with Crippen molar-refractivity contribution in [2.75, 3.05) is 11.9 Å². The zero-order valence-electron chi connectivity index (χ0n) is 12.6. The molecule has 2 amide bonds. The Morgan fingerprint density at radius 2 is 1.77 bits per heavy atom. The second-order valence-corrected chi connectivity index (χ2v) is 4.97. The summed E-state index contributed by atoms with van der Waals surface area (Å²) in [5.74, 6) is -0.275. The molecule has 0 aliphatic heterocycles. The second-order valence-electron chi connectivity index (χ2n) is 4.97. The number of nitrogens with one attached hydrogen (secondary N) is 2. The molecule has 4 nitrogen and oxygen atoms in total. The number of carbonyl (C=O) groups excluding carboxylic acids is 2. The summed E-state index contributed by atoms with van der Waals surface area (Å²) < 4.78 is 0. The van der Waals surface area contributed by atoms with Crippen molar-refractivity contribution >= 4 is 17.5 Å². The van der Waals surface area contributed by atoms with Crippen molar-refractivity contribution in [2.45, 2.75) is 19.8 Å². The minimum absolute atomic E-state index is 0.110. The maximum Gasteiger partial charge on any atom is 0.251 e. The molecule has 0 fully saturated rings. The monoisotopic (exact) mass is 296 g/mol. The van der Waals surface area contributed by atoms with Gasteiger partial charge in [-0.1, -0.05) is 37.3 Å². The van der Waals surface area contributed by atoms with Gasteiger partial charge < -0.3 is 10.6 Å². The van der Waals surface area contributed by atoms with Crippen LogP contribution in [-0.2, 0) is 11.2 Å². The van der Waals surface area contributed by atoms with Crippen LogP contribution in [0.15, 0.2) is 54.6 Å². The first-order valence-corrected chi connectivity index (χ1v) is 7.41. The van der Waals surface area contributed by atoms with E-state index in [1.165, 1.54) is 5.56 Å². The predicted octanol–water partition coefficient (Wildman–Crippen LogP) is 3.01. The highest BCUT2D eigenvalue weighted by molar-refractivity contribution is 5.95. The topological polar surface area (TPSA) is 58.2 Å². The fourth-order valence-corrected chi connectivity index (χ4v) is 2.07. The molecule has 0 bridgehead atoms. The number of hydrogen-bond donors (Lipinski definition) is 2. The van der Waals surface area contributed by atoms with Crippen molar-refractivity contribution in [2.24, 2.45) is 0 Å². The maximum absolute atomic E-state index is 11.9. The van der Waals surface area contributed by atoms with Crippen molar-refractivity contribution < 1.29 is 9.59 Å². The number of aryl methyl sites for hydroxylation is 1. The van der Waals surface area contributed by atoms with E-state index in [1.807, 2.05) is 42.5 Å². The van der Waals surface area contributed by atoms with Crippen LogP contribution in [0.4, 0.5) is 5.69 Å². The van der Waals surface area contributed by atoms with Crippen LogP contribution in [0.3, 0.4) is 0 Å². The van der Waals surface area contributed by atoms with Gasteiger partial charge in [0.25, 0.3) is 5.91 Å². The summed E-state index contributed by atoms with van der Waals surface area (Å²) in [7, 11) is 0. The summed E-state index contributed by atoms with van der Waals surface area (Å²) in [6.07, 6.45) is 1.17. The Morgan fingerprint density at radius 3 is 2.50 bits per heavy atom. The van der Waals surface area contributed by atoms with E-state index < -0.39 is 0 Å². The summed E-state index contributed by atoms with van der Waals surface area (Å²) in [6.45, 7) is 2.38. The van der Waals surface area contributed by atoms with Crippen molar-refractivity contribution in [1.29, 1.82) is 0 Å². The lowest BCUT2D eigenvalue weighted by Gasteiger charge is -2.08. The van der Waals surface area contributed by atoms with Gasteiger partial charge >= 0.3 is 0 Å². The summed E-state index contributed by atoms with van der Waals surface area (Å²) in [5.41, 5.74) is 2.56. The Kier molecular flexibility index (Phi) is 5.72. The smallest absolute Gasteiger partial charge is 0.251 e. The standard InChI is InChI=1S/C18H20N2O2/c1-2-14-7-6-10-16(13-14)20-17(21)11-12-19-18(22)15-8-4-3-5-9-15/h3-10,13H,2,11-12H2,1H3,(H,19,22)(H,20,21). The molecular formula is C18H20N2O2. The van der Waals surface area contributed by atoms with Crippen LogP contribution in [0.5, 0.6) is 0 Å². The Labute approximate surface area is 130 Å². The summed E-state index contributed by atoms with van der Waals surface area (Å²) >= 11 is 0. The van der Waals surface area contributed by atoms with Gasteiger partial charge in [-0.3, -0.25) is 9.59 Å². The van der Waals surface area contributed by atoms with Crippen LogP contribution < -0.4 is 10.6 Å². The lowest BCUT2D eigenvalue weighted by Crippen LogP contribution is -2.27. The van der Waals surface area contributed by atoms with E-state index in [0.717, 1.165) is 12.1 Å². The fraction of sp³-hybridized carbons (Fsp3) is 0.222. The molecule has 0 spiro atoms. The molecule has 0 aromatic heterocycles. The molecule has 0 unspecified atom stereocenters. The molecule has 2 aromatic carbocycles. The minimum Gasteiger partial charge on any atom is -0.352 e. The van der Waals surface area contributed by atoms with Gasteiger partial charge in [0.1, 0.15) is 0 Å². The Hall–Kier alpha value is -2.62. The number of carbonyl (C=O) groups is 2. The minimum atomic E-state index is -0.165. The highest BCUT2D eigenvalue weighted by Crippen LogP contribution is 2.11. The first-order chi connectivity index (χ1) is 10.7. The van der Waals surface area contributed by atoms with Gasteiger partial charge in [-0.25, -0.2) is 0 Å². The van der Waals surface area contributed by atoms with E-state index >= 15 is 0 Å². The van der Waals surface area contributed by atoms with Crippen molar-refractivity contribution in [3.63, 3.8) is 0 Å². The second kappa shape index (κ2) is 7.98. The van der Waals surface area contributed by atoms with Crippen LogP contribution in [0.1, 0.15) is 29.3 Å². The molecule has 22 heavy (non-hydrogen) atoms. The molecule has 0 saturated heterocycles. The van der Waals surface area contributed by atoms with Crippen LogP contribution in [0.2, 0.25) is 0 Å². The third-order valence-electron chi connectivity index (χ3n) is 3.29. The number of amides is 2. The van der Waals surface area contributed by atoms with Gasteiger partial charge in [0, 0.05) is 24.2 Å². The predicted molar refractivity (Wildman–Crippen MR) is 87.8 cm³/mol. The molecule has 2 N–H and O–H groups in total. The molecule has 0 aliphatic carbocycles. The molecule has 0 atom stereocenters. The third-order valence-corrected chi connectivity index (χ3v) is 3.29. The summed E-state index contributed by atoms with van der Waals surface area (Å²) in [6, 6.07) is 16.7. The number of anilines is 1. The molecular weight excluding hydrogens is 276 g/mol. The lowest BCUT2D eigenvalue weighted by molar-refractivity contribution is -0.116. The molecule has 0 aliphatic rings. The number of benzene rings is 2. The summed E-state index contributed by atoms with van der Waals surface area (Å²) in [5, 5.41) is 5.58. The molecule has 4 heteroatoms. The molecule has 2 rings (SSSR count). The van der Waals surface area contributed by atoms with Crippen molar-refractivity contribution in [3.05, 3.63) is 65.7 Å². The summed E-state index contributed by atoms with van der Waals surface area (Å²) in [4.78, 5) is 23.7. The Bertz CT molecular complexity index is 639. The van der Waals surface area contributed by atoms with E-state index in [-0.39, 0.29) is 18.2 Å². The first-order valence-electron chi connectivity index (χ1n) is 7.41. The largest absolute Gasteiger partial charge is 0.352 e. The van der Waals surface area contributed by atoms with Crippen LogP contribution in [-0.4, -0.2) is 18.4 Å². The highest BCUT2D eigenvalue weighted by atomic mass is 16.2. The molecule has 0 radical (unpaired) electrons. The Morgan fingerprint density at radius 1 is 1.00 bits per heavy atom.